The summed E-state index contributed by atoms with van der Waals surface area (Å²) in [6, 6.07) is 6.39. The van der Waals surface area contributed by atoms with Crippen molar-refractivity contribution in [2.24, 2.45) is 0 Å². The van der Waals surface area contributed by atoms with Gasteiger partial charge in [-0.25, -0.2) is 4.98 Å². The van der Waals surface area contributed by atoms with Gasteiger partial charge in [-0.15, -0.1) is 0 Å². The molecule has 0 aliphatic heterocycles. The summed E-state index contributed by atoms with van der Waals surface area (Å²) in [4.78, 5) is 4.44. The third-order valence-electron chi connectivity index (χ3n) is 3.64. The summed E-state index contributed by atoms with van der Waals surface area (Å²) < 4.78 is 8.75. The molecule has 0 atom stereocenters. The Hall–Kier alpha value is -0.820. The zero-order chi connectivity index (χ0) is 13.5. The van der Waals surface area contributed by atoms with E-state index in [-0.39, 0.29) is 0 Å². The van der Waals surface area contributed by atoms with Crippen molar-refractivity contribution in [1.29, 1.82) is 0 Å². The lowest BCUT2D eigenvalue weighted by molar-refractivity contribution is -0.0498. The molecule has 0 amide bonds. The fraction of sp³-hybridized carbons (Fsp3) is 0.500. The topological polar surface area (TPSA) is 47.3 Å². The Labute approximate surface area is 125 Å². The third kappa shape index (κ3) is 2.58. The Balaban J connectivity index is 1.84. The third-order valence-corrected chi connectivity index (χ3v) is 4.08. The minimum Gasteiger partial charge on any atom is -0.493 e. The lowest BCUT2D eigenvalue weighted by Gasteiger charge is -2.41. The smallest absolute Gasteiger partial charge is 0.121 e. The number of benzene rings is 1. The molecular formula is C14H17IN2O2. The van der Waals surface area contributed by atoms with Crippen LogP contribution >= 0.6 is 22.6 Å². The molecule has 102 valence electrons. The summed E-state index contributed by atoms with van der Waals surface area (Å²) in [6.07, 6.45) is 3.46. The molecule has 19 heavy (non-hydrogen) atoms. The molecule has 1 aliphatic rings. The molecule has 3 rings (SSSR count). The van der Waals surface area contributed by atoms with Crippen LogP contribution in [0.1, 0.15) is 25.8 Å². The maximum atomic E-state index is 9.84. The van der Waals surface area contributed by atoms with Gasteiger partial charge in [0.05, 0.1) is 29.6 Å². The van der Waals surface area contributed by atoms with Crippen LogP contribution in [0.25, 0.3) is 11.0 Å². The highest BCUT2D eigenvalue weighted by Crippen LogP contribution is 2.42. The van der Waals surface area contributed by atoms with Crippen molar-refractivity contribution in [3.63, 3.8) is 0 Å². The number of ether oxygens (including phenoxy) is 1. The second-order valence-corrected chi connectivity index (χ2v) is 6.48. The summed E-state index contributed by atoms with van der Waals surface area (Å²) in [5, 5.41) is 9.84. The van der Waals surface area contributed by atoms with Crippen LogP contribution in [-0.2, 0) is 0 Å². The fourth-order valence-corrected chi connectivity index (χ4v) is 2.92. The van der Waals surface area contributed by atoms with Crippen molar-refractivity contribution in [2.45, 2.75) is 31.4 Å². The Kier molecular flexibility index (Phi) is 3.42. The van der Waals surface area contributed by atoms with Gasteiger partial charge in [-0.05, 0) is 31.9 Å². The fourth-order valence-electron chi connectivity index (χ4n) is 2.70. The van der Waals surface area contributed by atoms with E-state index in [9.17, 15) is 5.11 Å². The van der Waals surface area contributed by atoms with E-state index < -0.39 is 5.60 Å². The van der Waals surface area contributed by atoms with Gasteiger partial charge < -0.3 is 14.4 Å². The Morgan fingerprint density at radius 3 is 3.00 bits per heavy atom. The highest BCUT2D eigenvalue weighted by molar-refractivity contribution is 14.1. The molecular weight excluding hydrogens is 355 g/mol. The second kappa shape index (κ2) is 4.94. The molecule has 2 aromatic rings. The van der Waals surface area contributed by atoms with Gasteiger partial charge in [-0.1, -0.05) is 22.6 Å². The number of rotatable bonds is 4. The lowest BCUT2D eigenvalue weighted by atomic mass is 9.77. The number of hydrogen-bond acceptors (Lipinski definition) is 3. The molecule has 0 unspecified atom stereocenters. The molecule has 1 fully saturated rings. The van der Waals surface area contributed by atoms with Crippen LogP contribution in [0.4, 0.5) is 0 Å². The Bertz CT molecular complexity index is 586. The van der Waals surface area contributed by atoms with Crippen molar-refractivity contribution < 1.29 is 9.84 Å². The van der Waals surface area contributed by atoms with Gasteiger partial charge >= 0.3 is 0 Å². The van der Waals surface area contributed by atoms with E-state index in [1.807, 2.05) is 25.4 Å². The summed E-state index contributed by atoms with van der Waals surface area (Å²) in [5.41, 5.74) is 1.56. The average molecular weight is 372 g/mol. The quantitative estimate of drug-likeness (QED) is 0.663. The Morgan fingerprint density at radius 2 is 2.32 bits per heavy atom. The van der Waals surface area contributed by atoms with E-state index in [0.717, 1.165) is 40.7 Å². The molecule has 5 heteroatoms. The van der Waals surface area contributed by atoms with Gasteiger partial charge in [0.2, 0.25) is 0 Å². The number of aliphatic hydroxyl groups is 1. The number of alkyl halides is 1. The average Bonchev–Trinajstić information content (AvgIpc) is 2.76. The number of aromatic nitrogens is 2. The summed E-state index contributed by atoms with van der Waals surface area (Å²) in [5.74, 6) is 0.870. The van der Waals surface area contributed by atoms with Crippen LogP contribution in [0.2, 0.25) is 0 Å². The second-order valence-electron chi connectivity index (χ2n) is 5.40. The first-order valence-corrected chi connectivity index (χ1v) is 7.99. The van der Waals surface area contributed by atoms with Gasteiger partial charge in [0.1, 0.15) is 5.75 Å². The summed E-state index contributed by atoms with van der Waals surface area (Å²) in [6.45, 7) is 2.61. The predicted octanol–water partition coefficient (Wildman–Crippen LogP) is 2.94. The molecule has 0 spiro atoms. The first-order chi connectivity index (χ1) is 9.09. The van der Waals surface area contributed by atoms with Crippen LogP contribution in [0.15, 0.2) is 24.5 Å². The molecule has 1 heterocycles. The maximum Gasteiger partial charge on any atom is 0.121 e. The zero-order valence-corrected chi connectivity index (χ0v) is 13.0. The molecule has 0 saturated heterocycles. The molecule has 1 aliphatic carbocycles. The predicted molar refractivity (Wildman–Crippen MR) is 83.0 cm³/mol. The molecule has 1 aromatic carbocycles. The highest BCUT2D eigenvalue weighted by Gasteiger charge is 2.39. The van der Waals surface area contributed by atoms with E-state index in [1.165, 1.54) is 0 Å². The van der Waals surface area contributed by atoms with Gasteiger partial charge in [0, 0.05) is 16.5 Å². The Morgan fingerprint density at radius 1 is 1.53 bits per heavy atom. The zero-order valence-electron chi connectivity index (χ0n) is 10.8. The van der Waals surface area contributed by atoms with Gasteiger partial charge in [0.15, 0.2) is 0 Å². The summed E-state index contributed by atoms with van der Waals surface area (Å²) in [7, 11) is 0. The largest absolute Gasteiger partial charge is 0.493 e. The van der Waals surface area contributed by atoms with E-state index in [0.29, 0.717) is 6.04 Å². The van der Waals surface area contributed by atoms with Crippen LogP contribution in [0, 0.1) is 0 Å². The normalized spacial score (nSPS) is 26.4. The molecule has 1 aromatic heterocycles. The molecule has 1 saturated carbocycles. The standard InChI is InChI=1S/C14H17IN2O2/c1-14(18)7-10(8-14)17-9-16-12-6-11(19-5-4-15)2-3-13(12)17/h2-3,6,9-10,18H,4-5,7-8H2,1H3. The van der Waals surface area contributed by atoms with Crippen molar-refractivity contribution in [3.05, 3.63) is 24.5 Å². The number of halogens is 1. The van der Waals surface area contributed by atoms with Crippen LogP contribution in [-0.4, -0.2) is 31.3 Å². The number of hydrogen-bond donors (Lipinski definition) is 1. The minimum atomic E-state index is -0.509. The highest BCUT2D eigenvalue weighted by atomic mass is 127. The van der Waals surface area contributed by atoms with Crippen molar-refractivity contribution in [3.8, 4) is 5.75 Å². The molecule has 0 radical (unpaired) electrons. The number of nitrogens with zero attached hydrogens (tertiary/aromatic N) is 2. The molecule has 1 N–H and O–H groups in total. The van der Waals surface area contributed by atoms with E-state index in [2.05, 4.69) is 38.2 Å². The first-order valence-electron chi connectivity index (χ1n) is 6.47. The van der Waals surface area contributed by atoms with Crippen molar-refractivity contribution in [2.75, 3.05) is 11.0 Å². The van der Waals surface area contributed by atoms with Crippen LogP contribution in [0.3, 0.4) is 0 Å². The number of imidazole rings is 1. The molecule has 4 nitrogen and oxygen atoms in total. The number of fused-ring (bicyclic) bond motifs is 1. The van der Waals surface area contributed by atoms with E-state index >= 15 is 0 Å². The maximum absolute atomic E-state index is 9.84. The summed E-state index contributed by atoms with van der Waals surface area (Å²) >= 11 is 2.29. The lowest BCUT2D eigenvalue weighted by Crippen LogP contribution is -2.41. The van der Waals surface area contributed by atoms with Crippen molar-refractivity contribution >= 4 is 33.6 Å². The van der Waals surface area contributed by atoms with Crippen molar-refractivity contribution in [1.82, 2.24) is 9.55 Å². The van der Waals surface area contributed by atoms with Gasteiger partial charge in [0.25, 0.3) is 0 Å². The minimum absolute atomic E-state index is 0.362. The SMILES string of the molecule is CC1(O)CC(n2cnc3cc(OCCI)ccc32)C1. The van der Waals surface area contributed by atoms with E-state index in [1.54, 1.807) is 0 Å². The van der Waals surface area contributed by atoms with Crippen LogP contribution in [0.5, 0.6) is 5.75 Å². The van der Waals surface area contributed by atoms with Gasteiger partial charge in [-0.2, -0.15) is 0 Å². The van der Waals surface area contributed by atoms with Crippen LogP contribution < -0.4 is 4.74 Å². The van der Waals surface area contributed by atoms with E-state index in [4.69, 9.17) is 4.74 Å². The first kappa shape index (κ1) is 13.2. The monoisotopic (exact) mass is 372 g/mol. The molecule has 0 bridgehead atoms. The van der Waals surface area contributed by atoms with Gasteiger partial charge in [-0.3, -0.25) is 0 Å².